The highest BCUT2D eigenvalue weighted by molar-refractivity contribution is 5.72. The van der Waals surface area contributed by atoms with E-state index in [1.807, 2.05) is 24.3 Å². The Labute approximate surface area is 207 Å². The van der Waals surface area contributed by atoms with Crippen LogP contribution in [0, 0.1) is 5.92 Å². The van der Waals surface area contributed by atoms with Gasteiger partial charge in [-0.3, -0.25) is 9.36 Å². The van der Waals surface area contributed by atoms with Crippen LogP contribution in [0.4, 0.5) is 13.2 Å². The number of carbonyl (C=O) groups excluding carboxylic acids is 1. The van der Waals surface area contributed by atoms with Crippen molar-refractivity contribution in [2.24, 2.45) is 13.0 Å². The number of alkyl halides is 3. The largest absolute Gasteiger partial charge is 0.493 e. The Hall–Kier alpha value is -3.56. The van der Waals surface area contributed by atoms with Gasteiger partial charge in [-0.1, -0.05) is 24.3 Å². The predicted octanol–water partition coefficient (Wildman–Crippen LogP) is 4.40. The average Bonchev–Trinajstić information content (AvgIpc) is 3.11. The van der Waals surface area contributed by atoms with Crippen LogP contribution < -0.4 is 10.4 Å². The normalized spacial score (nSPS) is 12.4. The molecule has 0 aliphatic heterocycles. The van der Waals surface area contributed by atoms with Crippen LogP contribution in [0.5, 0.6) is 5.75 Å². The molecule has 0 N–H and O–H groups in total. The average molecular weight is 506 g/mol. The number of rotatable bonds is 11. The van der Waals surface area contributed by atoms with Gasteiger partial charge in [-0.05, 0) is 62.1 Å². The van der Waals surface area contributed by atoms with Gasteiger partial charge in [-0.25, -0.2) is 9.48 Å². The van der Waals surface area contributed by atoms with Gasteiger partial charge in [0.15, 0.2) is 0 Å². The zero-order valence-electron chi connectivity index (χ0n) is 20.5. The van der Waals surface area contributed by atoms with Crippen molar-refractivity contribution in [3.05, 3.63) is 81.5 Å². The molecule has 1 atom stereocenters. The molecule has 3 rings (SSSR count). The number of hydrogen-bond acceptors (Lipinski definition) is 5. The van der Waals surface area contributed by atoms with E-state index in [1.54, 1.807) is 27.0 Å². The molecule has 0 amide bonds. The van der Waals surface area contributed by atoms with E-state index in [0.717, 1.165) is 30.5 Å². The van der Waals surface area contributed by atoms with Gasteiger partial charge >= 0.3 is 17.8 Å². The molecule has 0 aliphatic carbocycles. The van der Waals surface area contributed by atoms with Gasteiger partial charge < -0.3 is 9.47 Å². The lowest BCUT2D eigenvalue weighted by Crippen LogP contribution is -2.24. The monoisotopic (exact) mass is 505 g/mol. The van der Waals surface area contributed by atoms with Crippen molar-refractivity contribution in [3.8, 4) is 5.75 Å². The maximum absolute atomic E-state index is 13.0. The maximum Gasteiger partial charge on any atom is 0.416 e. The van der Waals surface area contributed by atoms with Crippen LogP contribution in [-0.2, 0) is 42.1 Å². The molecule has 0 saturated carbocycles. The van der Waals surface area contributed by atoms with E-state index < -0.39 is 11.7 Å². The number of aromatic nitrogens is 3. The fourth-order valence-electron chi connectivity index (χ4n) is 3.65. The van der Waals surface area contributed by atoms with Gasteiger partial charge in [0, 0.05) is 13.5 Å². The molecule has 3 aromatic rings. The Balaban J connectivity index is 1.53. The van der Waals surface area contributed by atoms with Crippen LogP contribution >= 0.6 is 0 Å². The first-order valence-corrected chi connectivity index (χ1v) is 11.8. The van der Waals surface area contributed by atoms with Crippen molar-refractivity contribution >= 4 is 5.97 Å². The molecule has 0 fully saturated rings. The van der Waals surface area contributed by atoms with Crippen LogP contribution in [0.1, 0.15) is 42.8 Å². The zero-order chi connectivity index (χ0) is 26.3. The maximum atomic E-state index is 13.0. The van der Waals surface area contributed by atoms with E-state index in [9.17, 15) is 22.8 Å². The van der Waals surface area contributed by atoms with Crippen LogP contribution in [0.15, 0.2) is 53.3 Å². The van der Waals surface area contributed by atoms with Gasteiger partial charge in [0.25, 0.3) is 0 Å². The molecule has 0 spiro atoms. The van der Waals surface area contributed by atoms with Crippen LogP contribution in [0.2, 0.25) is 0 Å². The highest BCUT2D eigenvalue weighted by Crippen LogP contribution is 2.29. The van der Waals surface area contributed by atoms with Crippen LogP contribution in [0.3, 0.4) is 0 Å². The third-order valence-electron chi connectivity index (χ3n) is 5.70. The number of ether oxygens (including phenoxy) is 2. The molecule has 0 radical (unpaired) electrons. The smallest absolute Gasteiger partial charge is 0.416 e. The summed E-state index contributed by atoms with van der Waals surface area (Å²) in [6, 6.07) is 12.5. The molecular formula is C26H30F3N3O4. The van der Waals surface area contributed by atoms with Crippen molar-refractivity contribution in [3.63, 3.8) is 0 Å². The van der Waals surface area contributed by atoms with E-state index in [2.05, 4.69) is 5.10 Å². The summed E-state index contributed by atoms with van der Waals surface area (Å²) >= 11 is 0. The molecule has 1 unspecified atom stereocenters. The molecule has 1 heterocycles. The molecule has 194 valence electrons. The molecule has 1 aromatic heterocycles. The Kier molecular flexibility index (Phi) is 8.95. The van der Waals surface area contributed by atoms with E-state index >= 15 is 0 Å². The summed E-state index contributed by atoms with van der Waals surface area (Å²) in [4.78, 5) is 24.2. The lowest BCUT2D eigenvalue weighted by atomic mass is 10.1. The predicted molar refractivity (Wildman–Crippen MR) is 128 cm³/mol. The quantitative estimate of drug-likeness (QED) is 0.361. The standard InChI is InChI=1S/C26H30F3N3O4/c1-4-35-24(33)18(2)17-36-22-13-11-19(12-14-22)7-6-10-23-30-32(25(34)31(23)3)16-20-8-5-9-21(15-20)26(27,28)29/h5,8-9,11-15,18H,4,6-7,10,16-17H2,1-3H3. The fraction of sp³-hybridized carbons (Fsp3) is 0.423. The topological polar surface area (TPSA) is 75.3 Å². The van der Waals surface area contributed by atoms with Crippen molar-refractivity contribution in [2.75, 3.05) is 13.2 Å². The Bertz CT molecular complexity index is 1220. The van der Waals surface area contributed by atoms with Gasteiger partial charge in [-0.2, -0.15) is 18.3 Å². The first-order valence-electron chi connectivity index (χ1n) is 11.8. The molecule has 0 saturated heterocycles. The second kappa shape index (κ2) is 11.9. The van der Waals surface area contributed by atoms with Crippen molar-refractivity contribution in [2.45, 2.75) is 45.8 Å². The lowest BCUT2D eigenvalue weighted by molar-refractivity contribution is -0.148. The Morgan fingerprint density at radius 2 is 1.81 bits per heavy atom. The van der Waals surface area contributed by atoms with Gasteiger partial charge in [0.1, 0.15) is 18.2 Å². The van der Waals surface area contributed by atoms with Crippen LogP contribution in [-0.4, -0.2) is 33.5 Å². The summed E-state index contributed by atoms with van der Waals surface area (Å²) in [5.74, 6) is 0.580. The summed E-state index contributed by atoms with van der Waals surface area (Å²) in [6.45, 7) is 4.04. The summed E-state index contributed by atoms with van der Waals surface area (Å²) in [5.41, 5.74) is 0.305. The second-order valence-electron chi connectivity index (χ2n) is 8.58. The third kappa shape index (κ3) is 7.22. The van der Waals surface area contributed by atoms with Crippen molar-refractivity contribution in [1.29, 1.82) is 0 Å². The first kappa shape index (κ1) is 27.0. The number of aryl methyl sites for hydroxylation is 2. The highest BCUT2D eigenvalue weighted by atomic mass is 19.4. The minimum absolute atomic E-state index is 0.0349. The van der Waals surface area contributed by atoms with Crippen molar-refractivity contribution < 1.29 is 27.4 Å². The summed E-state index contributed by atoms with van der Waals surface area (Å²) in [6.07, 6.45) is -2.43. The van der Waals surface area contributed by atoms with Crippen molar-refractivity contribution in [1.82, 2.24) is 14.3 Å². The SMILES string of the molecule is CCOC(=O)C(C)COc1ccc(CCCc2nn(Cc3cccc(C(F)(F)F)c3)c(=O)n2C)cc1. The van der Waals surface area contributed by atoms with Gasteiger partial charge in [0.2, 0.25) is 0 Å². The van der Waals surface area contributed by atoms with Gasteiger partial charge in [-0.15, -0.1) is 0 Å². The fourth-order valence-corrected chi connectivity index (χ4v) is 3.65. The van der Waals surface area contributed by atoms with E-state index in [1.165, 1.54) is 15.3 Å². The number of nitrogens with zero attached hydrogens (tertiary/aromatic N) is 3. The third-order valence-corrected chi connectivity index (χ3v) is 5.70. The molecular weight excluding hydrogens is 475 g/mol. The minimum Gasteiger partial charge on any atom is -0.493 e. The molecule has 2 aromatic carbocycles. The van der Waals surface area contributed by atoms with Gasteiger partial charge in [0.05, 0.1) is 24.6 Å². The summed E-state index contributed by atoms with van der Waals surface area (Å²) < 4.78 is 52.1. The molecule has 36 heavy (non-hydrogen) atoms. The lowest BCUT2D eigenvalue weighted by Gasteiger charge is -2.12. The molecule has 0 aliphatic rings. The van der Waals surface area contributed by atoms with E-state index in [-0.39, 0.29) is 30.7 Å². The molecule has 7 nitrogen and oxygen atoms in total. The second-order valence-corrected chi connectivity index (χ2v) is 8.58. The number of benzene rings is 2. The number of halogens is 3. The Morgan fingerprint density at radius 1 is 1.08 bits per heavy atom. The Morgan fingerprint density at radius 3 is 2.47 bits per heavy atom. The van der Waals surface area contributed by atoms with Crippen LogP contribution in [0.25, 0.3) is 0 Å². The summed E-state index contributed by atoms with van der Waals surface area (Å²) in [5, 5.41) is 4.34. The number of esters is 1. The summed E-state index contributed by atoms with van der Waals surface area (Å²) in [7, 11) is 1.61. The minimum atomic E-state index is -4.44. The molecule has 10 heteroatoms. The zero-order valence-corrected chi connectivity index (χ0v) is 20.5. The number of carbonyl (C=O) groups is 1. The molecule has 0 bridgehead atoms. The first-order chi connectivity index (χ1) is 17.1. The number of hydrogen-bond donors (Lipinski definition) is 0. The highest BCUT2D eigenvalue weighted by Gasteiger charge is 2.30. The van der Waals surface area contributed by atoms with E-state index in [4.69, 9.17) is 9.47 Å². The van der Waals surface area contributed by atoms with E-state index in [0.29, 0.717) is 30.2 Å².